The van der Waals surface area contributed by atoms with Crippen molar-refractivity contribution in [3.63, 3.8) is 0 Å². The number of hydrogen-bond donors (Lipinski definition) is 2. The molecular weight excluding hydrogens is 576 g/mol. The topological polar surface area (TPSA) is 137 Å². The molecule has 3 aliphatic rings. The van der Waals surface area contributed by atoms with Crippen LogP contribution in [0.15, 0.2) is 79.4 Å². The molecule has 4 heterocycles. The van der Waals surface area contributed by atoms with Gasteiger partial charge in [0.25, 0.3) is 11.8 Å². The highest BCUT2D eigenvalue weighted by molar-refractivity contribution is 5.96. The summed E-state index contributed by atoms with van der Waals surface area (Å²) >= 11 is 0. The average molecular weight is 611 g/mol. The van der Waals surface area contributed by atoms with Crippen LogP contribution in [0.1, 0.15) is 28.8 Å². The van der Waals surface area contributed by atoms with Crippen LogP contribution in [0.5, 0.6) is 17.2 Å². The Labute approximate surface area is 260 Å². The Hall–Kier alpha value is -5.39. The number of carbonyl (C=O) groups excluding carboxylic acids is 3. The Kier molecular flexibility index (Phi) is 8.90. The van der Waals surface area contributed by atoms with Gasteiger partial charge in [-0.15, -0.1) is 0 Å². The van der Waals surface area contributed by atoms with Crippen LogP contribution in [0.3, 0.4) is 0 Å². The summed E-state index contributed by atoms with van der Waals surface area (Å²) in [6, 6.07) is 19.4. The summed E-state index contributed by atoms with van der Waals surface area (Å²) in [5.41, 5.74) is 2.77. The third-order valence-electron chi connectivity index (χ3n) is 7.92. The van der Waals surface area contributed by atoms with Crippen LogP contribution in [0, 0.1) is 0 Å². The Balaban J connectivity index is 1.29. The van der Waals surface area contributed by atoms with Gasteiger partial charge in [-0.25, -0.2) is 4.98 Å². The number of methoxy groups -OCH3 is 1. The van der Waals surface area contributed by atoms with Gasteiger partial charge in [-0.1, -0.05) is 24.3 Å². The molecule has 12 nitrogen and oxygen atoms in total. The first kappa shape index (κ1) is 29.7. The molecule has 3 aromatic carbocycles. The van der Waals surface area contributed by atoms with Crippen molar-refractivity contribution in [3.8, 4) is 28.4 Å². The number of piperidine rings is 1. The van der Waals surface area contributed by atoms with Gasteiger partial charge in [0.05, 0.1) is 19.7 Å². The first-order chi connectivity index (χ1) is 21.9. The van der Waals surface area contributed by atoms with E-state index >= 15 is 0 Å². The van der Waals surface area contributed by atoms with Gasteiger partial charge in [-0.3, -0.25) is 19.1 Å². The molecule has 2 atom stereocenters. The molecule has 0 radical (unpaired) electrons. The molecule has 3 aliphatic heterocycles. The van der Waals surface area contributed by atoms with Crippen molar-refractivity contribution in [2.24, 2.45) is 0 Å². The SMILES string of the molecule is COc1ccc2cc1-c1cccc(c1)OCC(=O)NCc1ccc(cc1)O[C@@H]1CCN(C(=O)CCn3cncn3)C[C@H]1NC2=O. The summed E-state index contributed by atoms with van der Waals surface area (Å²) < 4.78 is 19.4. The summed E-state index contributed by atoms with van der Waals surface area (Å²) in [5.74, 6) is 1.12. The number of aromatic nitrogens is 3. The van der Waals surface area contributed by atoms with Crippen LogP contribution in [-0.2, 0) is 22.7 Å². The van der Waals surface area contributed by atoms with E-state index in [9.17, 15) is 14.4 Å². The molecule has 1 fully saturated rings. The number of hydrogen-bond acceptors (Lipinski definition) is 8. The second kappa shape index (κ2) is 13.5. The summed E-state index contributed by atoms with van der Waals surface area (Å²) in [6.07, 6.45) is 3.42. The molecule has 3 amide bonds. The van der Waals surface area contributed by atoms with E-state index in [1.165, 1.54) is 6.33 Å². The summed E-state index contributed by atoms with van der Waals surface area (Å²) in [6.45, 7) is 1.38. The molecule has 0 spiro atoms. The number of fused-ring (bicyclic) bond motifs is 7. The number of nitrogens with one attached hydrogen (secondary N) is 2. The molecule has 7 rings (SSSR count). The van der Waals surface area contributed by atoms with E-state index in [1.54, 1.807) is 53.4 Å². The third kappa shape index (κ3) is 7.23. The summed E-state index contributed by atoms with van der Waals surface area (Å²) in [5, 5.41) is 10.1. The third-order valence-corrected chi connectivity index (χ3v) is 7.92. The molecule has 2 N–H and O–H groups in total. The quantitative estimate of drug-likeness (QED) is 0.360. The van der Waals surface area contributed by atoms with E-state index < -0.39 is 6.04 Å². The van der Waals surface area contributed by atoms with Gasteiger partial charge in [0.1, 0.15) is 36.0 Å². The second-order valence-electron chi connectivity index (χ2n) is 10.9. The van der Waals surface area contributed by atoms with Gasteiger partial charge in [-0.2, -0.15) is 5.10 Å². The lowest BCUT2D eigenvalue weighted by Gasteiger charge is -2.39. The average Bonchev–Trinajstić information content (AvgIpc) is 3.60. The molecule has 6 bridgehead atoms. The Bertz CT molecular complexity index is 1660. The Morgan fingerprint density at radius 2 is 1.91 bits per heavy atom. The normalized spacial score (nSPS) is 18.5. The number of aryl methyl sites for hydroxylation is 1. The van der Waals surface area contributed by atoms with Crippen molar-refractivity contribution in [1.29, 1.82) is 0 Å². The maximum Gasteiger partial charge on any atom is 0.258 e. The van der Waals surface area contributed by atoms with Crippen molar-refractivity contribution in [3.05, 3.63) is 90.5 Å². The highest BCUT2D eigenvalue weighted by atomic mass is 16.5. The van der Waals surface area contributed by atoms with E-state index in [0.717, 1.165) is 11.1 Å². The van der Waals surface area contributed by atoms with Gasteiger partial charge in [0.15, 0.2) is 6.61 Å². The molecule has 232 valence electrons. The van der Waals surface area contributed by atoms with E-state index in [4.69, 9.17) is 14.2 Å². The van der Waals surface area contributed by atoms with Gasteiger partial charge in [-0.05, 0) is 53.6 Å². The number of carbonyl (C=O) groups is 3. The number of rotatable bonds is 4. The van der Waals surface area contributed by atoms with Crippen LogP contribution in [0.2, 0.25) is 0 Å². The molecular formula is C33H34N6O6. The Morgan fingerprint density at radius 3 is 2.71 bits per heavy atom. The number of nitrogens with zero attached hydrogens (tertiary/aromatic N) is 4. The number of benzene rings is 3. The van der Waals surface area contributed by atoms with Crippen LogP contribution in [0.4, 0.5) is 0 Å². The Morgan fingerprint density at radius 1 is 1.04 bits per heavy atom. The largest absolute Gasteiger partial charge is 0.496 e. The highest BCUT2D eigenvalue weighted by Crippen LogP contribution is 2.33. The maximum absolute atomic E-state index is 13.7. The monoisotopic (exact) mass is 610 g/mol. The highest BCUT2D eigenvalue weighted by Gasteiger charge is 2.34. The van der Waals surface area contributed by atoms with E-state index in [2.05, 4.69) is 20.7 Å². The predicted octanol–water partition coefficient (Wildman–Crippen LogP) is 2.83. The first-order valence-electron chi connectivity index (χ1n) is 14.8. The van der Waals surface area contributed by atoms with Crippen LogP contribution in [-0.4, -0.2) is 76.3 Å². The molecule has 4 aromatic rings. The smallest absolute Gasteiger partial charge is 0.258 e. The lowest BCUT2D eigenvalue weighted by Crippen LogP contribution is -2.58. The van der Waals surface area contributed by atoms with E-state index in [-0.39, 0.29) is 36.9 Å². The molecule has 1 saturated heterocycles. The standard InChI is InChI=1S/C33H34N6O6/c1-43-29-10-7-24-16-27(29)23-3-2-4-26(15-23)44-19-31(40)35-17-22-5-8-25(9-6-22)45-30-11-13-38(18-28(30)37-33(24)42)32(41)12-14-39-21-34-20-36-39/h2-10,15-16,20-21,28,30H,11-14,17-19H2,1H3,(H,35,40)(H,37,42)/t28-,30-/m1/s1. The van der Waals surface area contributed by atoms with Gasteiger partial charge < -0.3 is 29.7 Å². The molecule has 1 aromatic heterocycles. The number of ether oxygens (including phenoxy) is 3. The van der Waals surface area contributed by atoms with E-state index in [1.807, 2.05) is 36.4 Å². The fraction of sp³-hybridized carbons (Fsp3) is 0.303. The fourth-order valence-electron chi connectivity index (χ4n) is 5.49. The van der Waals surface area contributed by atoms with Gasteiger partial charge >= 0.3 is 0 Å². The minimum atomic E-state index is -0.478. The number of amides is 3. The van der Waals surface area contributed by atoms with Gasteiger partial charge in [0, 0.05) is 43.6 Å². The fourth-order valence-corrected chi connectivity index (χ4v) is 5.49. The second-order valence-corrected chi connectivity index (χ2v) is 10.9. The van der Waals surface area contributed by atoms with Crippen molar-refractivity contribution >= 4 is 17.7 Å². The lowest BCUT2D eigenvalue weighted by atomic mass is 9.99. The van der Waals surface area contributed by atoms with Crippen LogP contribution in [0.25, 0.3) is 11.1 Å². The zero-order valence-corrected chi connectivity index (χ0v) is 24.8. The minimum Gasteiger partial charge on any atom is -0.496 e. The maximum atomic E-state index is 13.7. The summed E-state index contributed by atoms with van der Waals surface area (Å²) in [4.78, 5) is 45.1. The van der Waals surface area contributed by atoms with Crippen LogP contribution >= 0.6 is 0 Å². The molecule has 12 heteroatoms. The predicted molar refractivity (Wildman–Crippen MR) is 164 cm³/mol. The first-order valence-corrected chi connectivity index (χ1v) is 14.8. The van der Waals surface area contributed by atoms with Gasteiger partial charge in [0.2, 0.25) is 5.91 Å². The molecule has 0 unspecified atom stereocenters. The molecule has 45 heavy (non-hydrogen) atoms. The van der Waals surface area contributed by atoms with Crippen molar-refractivity contribution in [2.75, 3.05) is 26.8 Å². The summed E-state index contributed by atoms with van der Waals surface area (Å²) in [7, 11) is 1.57. The van der Waals surface area contributed by atoms with E-state index in [0.29, 0.717) is 61.0 Å². The van der Waals surface area contributed by atoms with Crippen molar-refractivity contribution in [1.82, 2.24) is 30.3 Å². The lowest BCUT2D eigenvalue weighted by molar-refractivity contribution is -0.134. The number of likely N-dealkylation sites (tertiary alicyclic amines) is 1. The van der Waals surface area contributed by atoms with Crippen LogP contribution < -0.4 is 24.8 Å². The zero-order valence-electron chi connectivity index (χ0n) is 24.8. The molecule has 0 saturated carbocycles. The zero-order chi connectivity index (χ0) is 31.2. The van der Waals surface area contributed by atoms with Crippen molar-refractivity contribution in [2.45, 2.75) is 38.1 Å². The van der Waals surface area contributed by atoms with Crippen molar-refractivity contribution < 1.29 is 28.6 Å². The minimum absolute atomic E-state index is 0.0372. The molecule has 0 aliphatic carbocycles.